The van der Waals surface area contributed by atoms with Gasteiger partial charge in [0, 0.05) is 8.45 Å². The van der Waals surface area contributed by atoms with E-state index in [1.165, 1.54) is 11.3 Å². The van der Waals surface area contributed by atoms with Crippen molar-refractivity contribution in [1.82, 2.24) is 0 Å². The van der Waals surface area contributed by atoms with E-state index >= 15 is 0 Å². The van der Waals surface area contributed by atoms with Crippen LogP contribution in [0.25, 0.3) is 0 Å². The molecule has 10 heteroatoms. The number of hydrogen-bond donors (Lipinski definition) is 1. The highest BCUT2D eigenvalue weighted by Gasteiger charge is 2.28. The number of thiophene rings is 1. The average molecular weight is 562 g/mol. The van der Waals surface area contributed by atoms with Crippen molar-refractivity contribution >= 4 is 66.5 Å². The minimum atomic E-state index is -3.67. The predicted octanol–water partition coefficient (Wildman–Crippen LogP) is 3.81. The number of fused-ring (bicyclic) bond motifs is 1. The zero-order chi connectivity index (χ0) is 21.9. The maximum absolute atomic E-state index is 12.8. The quantitative estimate of drug-likeness (QED) is 0.410. The third kappa shape index (κ3) is 5.33. The predicted molar refractivity (Wildman–Crippen MR) is 127 cm³/mol. The first-order valence-corrected chi connectivity index (χ1v) is 13.3. The molecule has 0 radical (unpaired) electrons. The zero-order valence-electron chi connectivity index (χ0n) is 16.7. The molecule has 1 aromatic carbocycles. The molecule has 1 aliphatic rings. The van der Waals surface area contributed by atoms with Crippen molar-refractivity contribution in [3.05, 3.63) is 43.8 Å². The number of esters is 1. The summed E-state index contributed by atoms with van der Waals surface area (Å²) < 4.78 is 31.8. The van der Waals surface area contributed by atoms with Gasteiger partial charge in [0.15, 0.2) is 0 Å². The van der Waals surface area contributed by atoms with Crippen LogP contribution in [0.15, 0.2) is 24.3 Å². The van der Waals surface area contributed by atoms with Crippen LogP contribution < -0.4 is 9.62 Å². The molecule has 0 bridgehead atoms. The van der Waals surface area contributed by atoms with Gasteiger partial charge in [0.2, 0.25) is 15.9 Å². The largest absolute Gasteiger partial charge is 0.462 e. The summed E-state index contributed by atoms with van der Waals surface area (Å²) in [6.07, 6.45) is 4.72. The second-order valence-corrected chi connectivity index (χ2v) is 11.2. The van der Waals surface area contributed by atoms with E-state index in [4.69, 9.17) is 4.74 Å². The normalized spacial score (nSPS) is 13.4. The molecule has 7 nitrogen and oxygen atoms in total. The summed E-state index contributed by atoms with van der Waals surface area (Å²) in [6.45, 7) is 1.59. The Kier molecular flexibility index (Phi) is 7.40. The minimum Gasteiger partial charge on any atom is -0.462 e. The fourth-order valence-corrected chi connectivity index (χ4v) is 5.89. The van der Waals surface area contributed by atoms with E-state index in [0.717, 1.165) is 50.3 Å². The van der Waals surface area contributed by atoms with Gasteiger partial charge in [-0.1, -0.05) is 0 Å². The van der Waals surface area contributed by atoms with Crippen molar-refractivity contribution in [2.75, 3.05) is 29.0 Å². The highest BCUT2D eigenvalue weighted by molar-refractivity contribution is 14.1. The molecule has 0 saturated carbocycles. The van der Waals surface area contributed by atoms with Gasteiger partial charge >= 0.3 is 5.97 Å². The van der Waals surface area contributed by atoms with Gasteiger partial charge in [-0.25, -0.2) is 13.2 Å². The van der Waals surface area contributed by atoms with Crippen molar-refractivity contribution in [2.24, 2.45) is 0 Å². The van der Waals surface area contributed by atoms with Gasteiger partial charge in [0.05, 0.1) is 24.1 Å². The van der Waals surface area contributed by atoms with E-state index in [0.29, 0.717) is 16.3 Å². The summed E-state index contributed by atoms with van der Waals surface area (Å²) in [4.78, 5) is 26.4. The van der Waals surface area contributed by atoms with Gasteiger partial charge in [0.1, 0.15) is 11.5 Å². The molecule has 2 aromatic rings. The number of carbonyl (C=O) groups excluding carboxylic acids is 2. The van der Waals surface area contributed by atoms with Crippen LogP contribution in [0, 0.1) is 3.57 Å². The van der Waals surface area contributed by atoms with Crippen LogP contribution in [0.3, 0.4) is 0 Å². The lowest BCUT2D eigenvalue weighted by Gasteiger charge is -2.22. The molecule has 1 heterocycles. The van der Waals surface area contributed by atoms with Crippen molar-refractivity contribution in [3.8, 4) is 0 Å². The molecule has 3 rings (SSSR count). The summed E-state index contributed by atoms with van der Waals surface area (Å²) in [6, 6.07) is 6.87. The van der Waals surface area contributed by atoms with Gasteiger partial charge in [-0.15, -0.1) is 11.3 Å². The first-order valence-electron chi connectivity index (χ1n) is 9.55. The lowest BCUT2D eigenvalue weighted by Crippen LogP contribution is -2.37. The van der Waals surface area contributed by atoms with Gasteiger partial charge < -0.3 is 10.1 Å². The lowest BCUT2D eigenvalue weighted by atomic mass is 9.95. The number of halogens is 1. The first-order chi connectivity index (χ1) is 14.2. The number of ether oxygens (including phenoxy) is 1. The Morgan fingerprint density at radius 3 is 2.50 bits per heavy atom. The highest BCUT2D eigenvalue weighted by Crippen LogP contribution is 2.38. The number of sulfonamides is 1. The van der Waals surface area contributed by atoms with Gasteiger partial charge in [-0.2, -0.15) is 0 Å². The van der Waals surface area contributed by atoms with Gasteiger partial charge in [-0.05, 0) is 85.0 Å². The molecule has 1 amide bonds. The smallest absolute Gasteiger partial charge is 0.341 e. The van der Waals surface area contributed by atoms with E-state index in [2.05, 4.69) is 27.9 Å². The Labute approximate surface area is 194 Å². The van der Waals surface area contributed by atoms with Gasteiger partial charge in [0.25, 0.3) is 0 Å². The molecule has 30 heavy (non-hydrogen) atoms. The summed E-state index contributed by atoms with van der Waals surface area (Å²) >= 11 is 3.50. The minimum absolute atomic E-state index is 0.242. The standard InChI is InChI=1S/C20H23IN2O5S2/c1-3-28-20(25)18-15-6-4-5-7-16(15)29-19(18)22-17(24)12-23(30(2,26)27)14-10-8-13(21)9-11-14/h8-11H,3-7,12H2,1-2H3,(H,22,24). The second-order valence-electron chi connectivity index (χ2n) is 6.93. The molecule has 0 saturated heterocycles. The molecule has 0 fully saturated rings. The van der Waals surface area contributed by atoms with Crippen LogP contribution >= 0.6 is 33.9 Å². The first kappa shape index (κ1) is 23.0. The number of nitrogens with zero attached hydrogens (tertiary/aromatic N) is 1. The number of hydrogen-bond acceptors (Lipinski definition) is 6. The van der Waals surface area contributed by atoms with E-state index < -0.39 is 21.9 Å². The number of benzene rings is 1. The van der Waals surface area contributed by atoms with Crippen molar-refractivity contribution in [1.29, 1.82) is 0 Å². The van der Waals surface area contributed by atoms with Crippen molar-refractivity contribution < 1.29 is 22.7 Å². The fraction of sp³-hybridized carbons (Fsp3) is 0.400. The Morgan fingerprint density at radius 1 is 1.20 bits per heavy atom. The molecule has 0 aliphatic heterocycles. The van der Waals surface area contributed by atoms with E-state index in [1.54, 1.807) is 31.2 Å². The van der Waals surface area contributed by atoms with Gasteiger partial charge in [-0.3, -0.25) is 9.10 Å². The molecular formula is C20H23IN2O5S2. The maximum Gasteiger partial charge on any atom is 0.341 e. The molecule has 162 valence electrons. The van der Waals surface area contributed by atoms with Crippen LogP contribution in [-0.2, 0) is 32.4 Å². The Bertz CT molecular complexity index is 1050. The van der Waals surface area contributed by atoms with E-state index in [-0.39, 0.29) is 13.2 Å². The Hall–Kier alpha value is -1.66. The Balaban J connectivity index is 1.86. The fourth-order valence-electron chi connectivity index (χ4n) is 3.38. The molecule has 1 aromatic heterocycles. The topological polar surface area (TPSA) is 92.8 Å². The summed E-state index contributed by atoms with van der Waals surface area (Å²) in [5.41, 5.74) is 1.76. The Morgan fingerprint density at radius 2 is 1.87 bits per heavy atom. The zero-order valence-corrected chi connectivity index (χ0v) is 20.5. The average Bonchev–Trinajstić information content (AvgIpc) is 3.04. The molecule has 0 unspecified atom stereocenters. The number of amides is 1. The van der Waals surface area contributed by atoms with Crippen LogP contribution in [0.5, 0.6) is 0 Å². The summed E-state index contributed by atoms with van der Waals surface area (Å²) in [7, 11) is -3.67. The van der Waals surface area contributed by atoms with E-state index in [1.807, 2.05) is 0 Å². The van der Waals surface area contributed by atoms with E-state index in [9.17, 15) is 18.0 Å². The van der Waals surface area contributed by atoms with Crippen molar-refractivity contribution in [2.45, 2.75) is 32.6 Å². The molecule has 1 aliphatic carbocycles. The monoisotopic (exact) mass is 562 g/mol. The van der Waals surface area contributed by atoms with Crippen LogP contribution in [-0.4, -0.2) is 39.7 Å². The highest BCUT2D eigenvalue weighted by atomic mass is 127. The summed E-state index contributed by atoms with van der Waals surface area (Å²) in [5.74, 6) is -0.965. The molecule has 1 N–H and O–H groups in total. The molecule has 0 spiro atoms. The second kappa shape index (κ2) is 9.65. The van der Waals surface area contributed by atoms with Crippen LogP contribution in [0.1, 0.15) is 40.6 Å². The number of nitrogens with one attached hydrogen (secondary N) is 1. The molecular weight excluding hydrogens is 539 g/mol. The van der Waals surface area contributed by atoms with Crippen LogP contribution in [0.4, 0.5) is 10.7 Å². The van der Waals surface area contributed by atoms with Crippen LogP contribution in [0.2, 0.25) is 0 Å². The number of rotatable bonds is 7. The lowest BCUT2D eigenvalue weighted by molar-refractivity contribution is -0.114. The summed E-state index contributed by atoms with van der Waals surface area (Å²) in [5, 5.41) is 3.19. The number of carbonyl (C=O) groups is 2. The maximum atomic E-state index is 12.8. The third-order valence-corrected chi connectivity index (χ3v) is 7.77. The number of anilines is 2. The third-order valence-electron chi connectivity index (χ3n) is 4.71. The SMILES string of the molecule is CCOC(=O)c1c(NC(=O)CN(c2ccc(I)cc2)S(C)(=O)=O)sc2c1CCCC2. The number of aryl methyl sites for hydroxylation is 1. The van der Waals surface area contributed by atoms with Crippen molar-refractivity contribution in [3.63, 3.8) is 0 Å². The molecule has 0 atom stereocenters.